The van der Waals surface area contributed by atoms with E-state index in [1.807, 2.05) is 11.8 Å². The summed E-state index contributed by atoms with van der Waals surface area (Å²) in [4.78, 5) is 12.6. The molecule has 1 aliphatic carbocycles. The highest BCUT2D eigenvalue weighted by Gasteiger charge is 2.19. The van der Waals surface area contributed by atoms with E-state index in [0.717, 1.165) is 25.0 Å². The van der Waals surface area contributed by atoms with Gasteiger partial charge in [0.25, 0.3) is 0 Å². The number of thioether (sulfide) groups is 1. The van der Waals surface area contributed by atoms with Crippen molar-refractivity contribution >= 4 is 28.9 Å². The summed E-state index contributed by atoms with van der Waals surface area (Å²) in [6.45, 7) is 0. The molecule has 0 amide bonds. The van der Waals surface area contributed by atoms with Gasteiger partial charge in [0.2, 0.25) is 0 Å². The topological polar surface area (TPSA) is 17.1 Å². The number of carbonyl (C=O) groups is 1. The lowest BCUT2D eigenvalue weighted by Crippen LogP contribution is -2.16. The van der Waals surface area contributed by atoms with Crippen LogP contribution in [0.1, 0.15) is 30.6 Å². The zero-order valence-corrected chi connectivity index (χ0v) is 9.70. The van der Waals surface area contributed by atoms with E-state index < -0.39 is 0 Å². The Balaban J connectivity index is 1.77. The van der Waals surface area contributed by atoms with Crippen molar-refractivity contribution in [1.82, 2.24) is 0 Å². The Bertz CT molecular complexity index is 292. The van der Waals surface area contributed by atoms with Crippen LogP contribution in [0.15, 0.2) is 17.5 Å². The second-order valence-corrected chi connectivity index (χ2v) is 5.97. The summed E-state index contributed by atoms with van der Waals surface area (Å²) in [6, 6.07) is 4.26. The molecule has 1 aromatic heterocycles. The smallest absolute Gasteiger partial charge is 0.134 e. The van der Waals surface area contributed by atoms with E-state index in [1.165, 1.54) is 11.3 Å². The van der Waals surface area contributed by atoms with Crippen LogP contribution in [0.3, 0.4) is 0 Å². The molecule has 3 heteroatoms. The highest BCUT2D eigenvalue weighted by atomic mass is 32.2. The van der Waals surface area contributed by atoms with Crippen LogP contribution in [0.5, 0.6) is 0 Å². The van der Waals surface area contributed by atoms with Gasteiger partial charge < -0.3 is 0 Å². The van der Waals surface area contributed by atoms with Crippen LogP contribution in [0.25, 0.3) is 0 Å². The van der Waals surface area contributed by atoms with Gasteiger partial charge in [-0.3, -0.25) is 4.79 Å². The molecule has 0 spiro atoms. The van der Waals surface area contributed by atoms with Gasteiger partial charge in [0.05, 0.1) is 0 Å². The van der Waals surface area contributed by atoms with Crippen molar-refractivity contribution in [2.45, 2.75) is 36.7 Å². The van der Waals surface area contributed by atoms with Crippen molar-refractivity contribution < 1.29 is 4.79 Å². The quantitative estimate of drug-likeness (QED) is 0.784. The van der Waals surface area contributed by atoms with Crippen LogP contribution < -0.4 is 0 Å². The minimum Gasteiger partial charge on any atom is -0.300 e. The van der Waals surface area contributed by atoms with Crippen molar-refractivity contribution in [1.29, 1.82) is 0 Å². The molecule has 1 saturated carbocycles. The van der Waals surface area contributed by atoms with Crippen LogP contribution in [-0.4, -0.2) is 11.0 Å². The van der Waals surface area contributed by atoms with Crippen molar-refractivity contribution in [2.24, 2.45) is 0 Å². The third-order valence-electron chi connectivity index (χ3n) is 2.48. The fourth-order valence-electron chi connectivity index (χ4n) is 1.72. The number of ketones is 1. The molecule has 2 rings (SSSR count). The van der Waals surface area contributed by atoms with Gasteiger partial charge >= 0.3 is 0 Å². The first kappa shape index (κ1) is 10.2. The highest BCUT2D eigenvalue weighted by molar-refractivity contribution is 7.99. The molecule has 1 atom stereocenters. The third-order valence-corrected chi connectivity index (χ3v) is 4.89. The molecule has 0 N–H and O–H groups in total. The molecular weight excluding hydrogens is 212 g/mol. The first-order valence-electron chi connectivity index (χ1n) is 5.00. The van der Waals surface area contributed by atoms with Crippen LogP contribution in [0.4, 0.5) is 0 Å². The molecule has 76 valence electrons. The first-order chi connectivity index (χ1) is 6.84. The monoisotopic (exact) mass is 226 g/mol. The summed E-state index contributed by atoms with van der Waals surface area (Å²) in [6.07, 6.45) is 3.94. The van der Waals surface area contributed by atoms with Crippen LogP contribution in [0, 0.1) is 0 Å². The number of carbonyl (C=O) groups excluding carboxylic acids is 1. The molecule has 1 aromatic rings. The molecule has 1 fully saturated rings. The predicted molar refractivity (Wildman–Crippen MR) is 62.9 cm³/mol. The summed E-state index contributed by atoms with van der Waals surface area (Å²) >= 11 is 3.75. The molecule has 0 aliphatic heterocycles. The molecule has 14 heavy (non-hydrogen) atoms. The number of hydrogen-bond donors (Lipinski definition) is 0. The zero-order valence-electron chi connectivity index (χ0n) is 8.07. The van der Waals surface area contributed by atoms with Gasteiger partial charge in [0, 0.05) is 28.7 Å². The molecule has 0 aromatic carbocycles. The minimum atomic E-state index is 0.458. The minimum absolute atomic E-state index is 0.458. The Kier molecular flexibility index (Phi) is 3.65. The lowest BCUT2D eigenvalue weighted by atomic mass is 9.99. The van der Waals surface area contributed by atoms with Crippen molar-refractivity contribution in [3.05, 3.63) is 22.4 Å². The molecule has 0 saturated heterocycles. The average Bonchev–Trinajstić information content (AvgIpc) is 2.67. The molecule has 1 aliphatic rings. The van der Waals surface area contributed by atoms with Gasteiger partial charge in [0.1, 0.15) is 5.78 Å². The summed E-state index contributed by atoms with van der Waals surface area (Å²) in [7, 11) is 0. The largest absolute Gasteiger partial charge is 0.300 e. The van der Waals surface area contributed by atoms with E-state index in [2.05, 4.69) is 17.5 Å². The van der Waals surface area contributed by atoms with Gasteiger partial charge in [-0.25, -0.2) is 0 Å². The molecular formula is C11H14OS2. The van der Waals surface area contributed by atoms with Crippen molar-refractivity contribution in [3.63, 3.8) is 0 Å². The fourth-order valence-corrected chi connectivity index (χ4v) is 3.82. The second kappa shape index (κ2) is 4.99. The van der Waals surface area contributed by atoms with Gasteiger partial charge in [-0.05, 0) is 24.3 Å². The standard InChI is InChI=1S/C11H14OS2/c12-9-3-1-4-10(7-9)14-8-11-5-2-6-13-11/h2,5-6,10H,1,3-4,7-8H2. The lowest BCUT2D eigenvalue weighted by Gasteiger charge is -2.19. The molecule has 0 bridgehead atoms. The van der Waals surface area contributed by atoms with E-state index in [0.29, 0.717) is 11.0 Å². The van der Waals surface area contributed by atoms with Gasteiger partial charge in [0.15, 0.2) is 0 Å². The van der Waals surface area contributed by atoms with Crippen molar-refractivity contribution in [3.8, 4) is 0 Å². The normalized spacial score (nSPS) is 22.6. The average molecular weight is 226 g/mol. The van der Waals surface area contributed by atoms with E-state index >= 15 is 0 Å². The van der Waals surface area contributed by atoms with E-state index in [4.69, 9.17) is 0 Å². The molecule has 1 heterocycles. The number of thiophene rings is 1. The number of rotatable bonds is 3. The SMILES string of the molecule is O=C1CCCC(SCc2cccs2)C1. The van der Waals surface area contributed by atoms with Crippen LogP contribution >= 0.6 is 23.1 Å². The van der Waals surface area contributed by atoms with Gasteiger partial charge in [-0.2, -0.15) is 11.8 Å². The Hall–Kier alpha value is -0.280. The van der Waals surface area contributed by atoms with Crippen LogP contribution in [0.2, 0.25) is 0 Å². The van der Waals surface area contributed by atoms with E-state index in [1.54, 1.807) is 11.3 Å². The summed E-state index contributed by atoms with van der Waals surface area (Å²) in [5.41, 5.74) is 0. The van der Waals surface area contributed by atoms with Crippen molar-refractivity contribution in [2.75, 3.05) is 0 Å². The fraction of sp³-hybridized carbons (Fsp3) is 0.545. The lowest BCUT2D eigenvalue weighted by molar-refractivity contribution is -0.120. The Morgan fingerprint density at radius 1 is 1.57 bits per heavy atom. The molecule has 0 radical (unpaired) electrons. The Morgan fingerprint density at radius 3 is 3.21 bits per heavy atom. The van der Waals surface area contributed by atoms with Gasteiger partial charge in [-0.15, -0.1) is 11.3 Å². The van der Waals surface area contributed by atoms with E-state index in [-0.39, 0.29) is 0 Å². The number of hydrogen-bond acceptors (Lipinski definition) is 3. The molecule has 1 nitrogen and oxygen atoms in total. The summed E-state index contributed by atoms with van der Waals surface area (Å²) < 4.78 is 0. The second-order valence-electron chi connectivity index (χ2n) is 3.65. The maximum absolute atomic E-state index is 11.2. The maximum atomic E-state index is 11.2. The Labute approximate surface area is 92.9 Å². The third kappa shape index (κ3) is 2.85. The highest BCUT2D eigenvalue weighted by Crippen LogP contribution is 2.29. The van der Waals surface area contributed by atoms with E-state index in [9.17, 15) is 4.79 Å². The van der Waals surface area contributed by atoms with Crippen LogP contribution in [-0.2, 0) is 10.5 Å². The Morgan fingerprint density at radius 2 is 2.50 bits per heavy atom. The van der Waals surface area contributed by atoms with Gasteiger partial charge in [-0.1, -0.05) is 6.07 Å². The first-order valence-corrected chi connectivity index (χ1v) is 6.93. The summed E-state index contributed by atoms with van der Waals surface area (Å²) in [5, 5.41) is 2.69. The zero-order chi connectivity index (χ0) is 9.80. The maximum Gasteiger partial charge on any atom is 0.134 e. The number of Topliss-reactive ketones (excluding diaryl/α,β-unsaturated/α-hetero) is 1. The summed E-state index contributed by atoms with van der Waals surface area (Å²) in [5.74, 6) is 1.54. The predicted octanol–water partition coefficient (Wildman–Crippen LogP) is 3.49. The molecule has 1 unspecified atom stereocenters.